The van der Waals surface area contributed by atoms with Crippen LogP contribution in [-0.2, 0) is 18.4 Å². The summed E-state index contributed by atoms with van der Waals surface area (Å²) in [6, 6.07) is 21.9. The molecule has 1 fully saturated rings. The van der Waals surface area contributed by atoms with E-state index >= 15 is 0 Å². The fourth-order valence-electron chi connectivity index (χ4n) is 7.38. The number of hydrogen-bond donors (Lipinski definition) is 1. The van der Waals surface area contributed by atoms with Crippen molar-refractivity contribution in [1.82, 2.24) is 0 Å². The summed E-state index contributed by atoms with van der Waals surface area (Å²) in [4.78, 5) is 11.7. The quantitative estimate of drug-likeness (QED) is 0.0674. The van der Waals surface area contributed by atoms with Crippen LogP contribution < -0.4 is 10.4 Å². The number of ether oxygens (including phenoxy) is 1. The van der Waals surface area contributed by atoms with Crippen LogP contribution in [0.4, 0.5) is 0 Å². The van der Waals surface area contributed by atoms with Gasteiger partial charge in [-0.3, -0.25) is 4.79 Å². The van der Waals surface area contributed by atoms with Crippen LogP contribution >= 0.6 is 0 Å². The van der Waals surface area contributed by atoms with Crippen LogP contribution in [0.2, 0.25) is 23.2 Å². The second kappa shape index (κ2) is 19.7. The summed E-state index contributed by atoms with van der Waals surface area (Å²) in [6.07, 6.45) is 15.8. The molecule has 0 radical (unpaired) electrons. The standard InChI is InChI=1S/C44H70O5Si2/c1-11-13-18-30-38-39(33-32-35(45)25-19-14-15-24-31-42(46)47-12-2)41(34-40(38)48-50(9,10)43(3,4)5)49-51(44(6,7)8,36-26-20-16-21-27-36)37-28-22-17-23-29-37/h14,16-17,19-23,26-29,32-33,35,38-41,45H,11-13,15,18,24-25,30-31,34H2,1-10H3/b19-14-,33-32+/t35-,38-,39+,40-,41+/m1/s1. The van der Waals surface area contributed by atoms with Gasteiger partial charge in [-0.15, -0.1) is 0 Å². The number of allylic oxidation sites excluding steroid dienone is 1. The maximum Gasteiger partial charge on any atom is 0.305 e. The van der Waals surface area contributed by atoms with Gasteiger partial charge >= 0.3 is 5.97 Å². The van der Waals surface area contributed by atoms with Gasteiger partial charge in [0.1, 0.15) is 0 Å². The lowest BCUT2D eigenvalue weighted by Gasteiger charge is -2.45. The summed E-state index contributed by atoms with van der Waals surface area (Å²) < 4.78 is 20.3. The molecule has 7 heteroatoms. The molecule has 2 aromatic rings. The summed E-state index contributed by atoms with van der Waals surface area (Å²) in [5, 5.41) is 13.8. The van der Waals surface area contributed by atoms with Crippen molar-refractivity contribution < 1.29 is 23.5 Å². The molecule has 1 N–H and O–H groups in total. The maximum atomic E-state index is 11.7. The van der Waals surface area contributed by atoms with Crippen molar-refractivity contribution in [3.63, 3.8) is 0 Å². The Bertz CT molecular complexity index is 1320. The highest BCUT2D eigenvalue weighted by atomic mass is 28.4. The van der Waals surface area contributed by atoms with E-state index in [0.717, 1.165) is 32.1 Å². The van der Waals surface area contributed by atoms with Gasteiger partial charge in [0, 0.05) is 12.3 Å². The van der Waals surface area contributed by atoms with Crippen LogP contribution in [0.5, 0.6) is 0 Å². The van der Waals surface area contributed by atoms with Crippen molar-refractivity contribution in [2.45, 2.75) is 155 Å². The predicted octanol–water partition coefficient (Wildman–Crippen LogP) is 10.1. The molecule has 5 nitrogen and oxygen atoms in total. The summed E-state index contributed by atoms with van der Waals surface area (Å²) in [7, 11) is -4.92. The largest absolute Gasteiger partial charge is 0.466 e. The van der Waals surface area contributed by atoms with Gasteiger partial charge in [0.05, 0.1) is 24.9 Å². The highest BCUT2D eigenvalue weighted by molar-refractivity contribution is 6.99. The average molecular weight is 735 g/mol. The van der Waals surface area contributed by atoms with Crippen LogP contribution in [-0.4, -0.2) is 52.6 Å². The predicted molar refractivity (Wildman–Crippen MR) is 220 cm³/mol. The van der Waals surface area contributed by atoms with Gasteiger partial charge in [0.15, 0.2) is 8.32 Å². The summed E-state index contributed by atoms with van der Waals surface area (Å²) in [5.41, 5.74) is 0. The van der Waals surface area contributed by atoms with Gasteiger partial charge in [0.25, 0.3) is 8.32 Å². The van der Waals surface area contributed by atoms with Gasteiger partial charge in [-0.2, -0.15) is 0 Å². The normalized spacial score (nSPS) is 21.1. The molecule has 0 aliphatic heterocycles. The third-order valence-corrected chi connectivity index (χ3v) is 20.7. The molecule has 284 valence electrons. The lowest BCUT2D eigenvalue weighted by molar-refractivity contribution is -0.143. The molecule has 1 aliphatic carbocycles. The first-order chi connectivity index (χ1) is 24.1. The number of unbranched alkanes of at least 4 members (excludes halogenated alkanes) is 3. The average Bonchev–Trinajstić information content (AvgIpc) is 3.38. The van der Waals surface area contributed by atoms with E-state index in [1.807, 2.05) is 19.1 Å². The minimum absolute atomic E-state index is 0.0560. The molecular weight excluding hydrogens is 665 g/mol. The first kappa shape index (κ1) is 43.1. The van der Waals surface area contributed by atoms with E-state index in [0.29, 0.717) is 25.4 Å². The highest BCUT2D eigenvalue weighted by Gasteiger charge is 2.55. The highest BCUT2D eigenvalue weighted by Crippen LogP contribution is 2.48. The van der Waals surface area contributed by atoms with Crippen LogP contribution in [0, 0.1) is 11.8 Å². The Morgan fingerprint density at radius 2 is 1.45 bits per heavy atom. The van der Waals surface area contributed by atoms with Gasteiger partial charge in [-0.1, -0.05) is 153 Å². The number of hydrogen-bond acceptors (Lipinski definition) is 5. The van der Waals surface area contributed by atoms with Crippen molar-refractivity contribution in [3.8, 4) is 0 Å². The molecule has 2 aromatic carbocycles. The van der Waals surface area contributed by atoms with E-state index in [-0.39, 0.29) is 34.2 Å². The molecule has 5 atom stereocenters. The zero-order chi connectivity index (χ0) is 37.7. The Hall–Kier alpha value is -2.30. The van der Waals surface area contributed by atoms with Crippen LogP contribution in [0.15, 0.2) is 85.0 Å². The zero-order valence-electron chi connectivity index (χ0n) is 33.6. The molecule has 0 amide bonds. The number of carbonyl (C=O) groups is 1. The molecule has 1 aliphatic rings. The molecule has 0 spiro atoms. The first-order valence-electron chi connectivity index (χ1n) is 19.7. The van der Waals surface area contributed by atoms with Crippen molar-refractivity contribution >= 4 is 33.0 Å². The number of carbonyl (C=O) groups excluding carboxylic acids is 1. The third kappa shape index (κ3) is 11.8. The monoisotopic (exact) mass is 734 g/mol. The van der Waals surface area contributed by atoms with E-state index in [1.165, 1.54) is 23.2 Å². The lowest BCUT2D eigenvalue weighted by atomic mass is 9.88. The van der Waals surface area contributed by atoms with Gasteiger partial charge in [-0.05, 0) is 78.5 Å². The Morgan fingerprint density at radius 3 is 1.98 bits per heavy atom. The molecule has 1 saturated carbocycles. The van der Waals surface area contributed by atoms with Crippen molar-refractivity contribution in [3.05, 3.63) is 85.0 Å². The number of esters is 1. The van der Waals surface area contributed by atoms with Crippen LogP contribution in [0.25, 0.3) is 0 Å². The fraction of sp³-hybridized carbons (Fsp3) is 0.614. The maximum absolute atomic E-state index is 11.7. The van der Waals surface area contributed by atoms with Crippen LogP contribution in [0.1, 0.15) is 113 Å². The third-order valence-electron chi connectivity index (χ3n) is 11.2. The van der Waals surface area contributed by atoms with E-state index < -0.39 is 22.7 Å². The molecule has 0 unspecified atom stereocenters. The van der Waals surface area contributed by atoms with Gasteiger partial charge in [0.2, 0.25) is 0 Å². The summed E-state index contributed by atoms with van der Waals surface area (Å²) >= 11 is 0. The van der Waals surface area contributed by atoms with E-state index in [2.05, 4.69) is 134 Å². The van der Waals surface area contributed by atoms with E-state index in [4.69, 9.17) is 13.6 Å². The Labute approximate surface area is 313 Å². The summed E-state index contributed by atoms with van der Waals surface area (Å²) in [6.45, 7) is 23.3. The van der Waals surface area contributed by atoms with Crippen molar-refractivity contribution in [2.75, 3.05) is 6.61 Å². The Morgan fingerprint density at radius 1 is 0.843 bits per heavy atom. The molecule has 0 saturated heterocycles. The van der Waals surface area contributed by atoms with Crippen molar-refractivity contribution in [2.24, 2.45) is 11.8 Å². The number of aliphatic hydroxyl groups excluding tert-OH is 1. The van der Waals surface area contributed by atoms with Crippen molar-refractivity contribution in [1.29, 1.82) is 0 Å². The van der Waals surface area contributed by atoms with Gasteiger partial charge < -0.3 is 18.7 Å². The number of aliphatic hydroxyl groups is 1. The SMILES string of the molecule is CCCCC[C@@H]1[C@H](/C=C/[C@H](O)C/C=C\CCCC(=O)OCC)[C@@H](O[Si](c2ccccc2)(c2ccccc2)C(C)(C)C)C[C@H]1O[Si](C)(C)C(C)(C)C. The molecular formula is C44H70O5Si2. The van der Waals surface area contributed by atoms with E-state index in [1.54, 1.807) is 0 Å². The second-order valence-electron chi connectivity index (χ2n) is 17.1. The second-order valence-corrected chi connectivity index (χ2v) is 26.1. The fourth-order valence-corrected chi connectivity index (χ4v) is 13.5. The van der Waals surface area contributed by atoms with Crippen LogP contribution in [0.3, 0.4) is 0 Å². The Kier molecular flexibility index (Phi) is 16.6. The topological polar surface area (TPSA) is 65.0 Å². The Balaban J connectivity index is 2.03. The molecule has 0 heterocycles. The molecule has 0 bridgehead atoms. The lowest BCUT2D eigenvalue weighted by Crippen LogP contribution is -2.68. The minimum atomic E-state index is -2.84. The smallest absolute Gasteiger partial charge is 0.305 e. The van der Waals surface area contributed by atoms with E-state index in [9.17, 15) is 9.90 Å². The van der Waals surface area contributed by atoms with Gasteiger partial charge in [-0.25, -0.2) is 0 Å². The summed E-state index contributed by atoms with van der Waals surface area (Å²) in [5.74, 6) is 0.266. The molecule has 0 aromatic heterocycles. The molecule has 3 rings (SSSR count). The number of benzene rings is 2. The first-order valence-corrected chi connectivity index (χ1v) is 24.5. The number of rotatable bonds is 19. The minimum Gasteiger partial charge on any atom is -0.466 e. The molecule has 51 heavy (non-hydrogen) atoms. The zero-order valence-corrected chi connectivity index (χ0v) is 35.6.